The summed E-state index contributed by atoms with van der Waals surface area (Å²) in [5, 5.41) is 12.5. The lowest BCUT2D eigenvalue weighted by Gasteiger charge is -2.13. The summed E-state index contributed by atoms with van der Waals surface area (Å²) in [5.41, 5.74) is 1.34. The molecule has 1 amide bonds. The Bertz CT molecular complexity index is 1160. The van der Waals surface area contributed by atoms with Crippen LogP contribution in [0.1, 0.15) is 16.0 Å². The number of nitrogens with zero attached hydrogens (tertiary/aromatic N) is 2. The minimum absolute atomic E-state index is 0.116. The van der Waals surface area contributed by atoms with Crippen LogP contribution in [-0.4, -0.2) is 32.2 Å². The van der Waals surface area contributed by atoms with Gasteiger partial charge in [0.25, 0.3) is 5.91 Å². The standard InChI is InChI=1S/C23H20FN3O4S/c1-29-19-10-15(11-20(30-2)21(19)31-3)8-16(12-25)22(28)27-23-26-13-18(32-23)9-14-4-6-17(24)7-5-14/h4-8,10-11,13H,9H2,1-3H3,(H,26,27,28)/b16-8+. The Morgan fingerprint density at radius 2 is 1.81 bits per heavy atom. The number of methoxy groups -OCH3 is 3. The van der Waals surface area contributed by atoms with Crippen LogP contribution in [0.3, 0.4) is 0 Å². The molecule has 2 aromatic carbocycles. The van der Waals surface area contributed by atoms with Crippen molar-refractivity contribution in [3.05, 3.63) is 70.0 Å². The van der Waals surface area contributed by atoms with Crippen LogP contribution < -0.4 is 19.5 Å². The van der Waals surface area contributed by atoms with E-state index in [1.54, 1.807) is 30.5 Å². The first kappa shape index (κ1) is 22.8. The summed E-state index contributed by atoms with van der Waals surface area (Å²) in [4.78, 5) is 17.7. The van der Waals surface area contributed by atoms with Crippen LogP contribution in [0.15, 0.2) is 48.2 Å². The predicted molar refractivity (Wildman–Crippen MR) is 120 cm³/mol. The van der Waals surface area contributed by atoms with Crippen LogP contribution in [0.4, 0.5) is 9.52 Å². The normalized spacial score (nSPS) is 10.9. The van der Waals surface area contributed by atoms with E-state index in [9.17, 15) is 14.4 Å². The number of amides is 1. The minimum Gasteiger partial charge on any atom is -0.493 e. The summed E-state index contributed by atoms with van der Waals surface area (Å²) in [7, 11) is 4.45. The van der Waals surface area contributed by atoms with Gasteiger partial charge in [-0.25, -0.2) is 9.37 Å². The van der Waals surface area contributed by atoms with E-state index < -0.39 is 5.91 Å². The SMILES string of the molecule is COc1cc(/C=C(\C#N)C(=O)Nc2ncc(Cc3ccc(F)cc3)s2)cc(OC)c1OC. The lowest BCUT2D eigenvalue weighted by atomic mass is 10.1. The van der Waals surface area contributed by atoms with Gasteiger partial charge in [0.2, 0.25) is 5.75 Å². The fourth-order valence-corrected chi connectivity index (χ4v) is 3.76. The van der Waals surface area contributed by atoms with E-state index in [1.807, 2.05) is 6.07 Å². The van der Waals surface area contributed by atoms with Crippen molar-refractivity contribution in [3.8, 4) is 23.3 Å². The van der Waals surface area contributed by atoms with E-state index in [2.05, 4.69) is 10.3 Å². The summed E-state index contributed by atoms with van der Waals surface area (Å²) >= 11 is 1.28. The number of carbonyl (C=O) groups excluding carboxylic acids is 1. The first-order valence-corrected chi connectivity index (χ1v) is 10.2. The van der Waals surface area contributed by atoms with Crippen molar-refractivity contribution in [2.45, 2.75) is 6.42 Å². The number of rotatable bonds is 8. The summed E-state index contributed by atoms with van der Waals surface area (Å²) < 4.78 is 28.9. The molecular weight excluding hydrogens is 433 g/mol. The Morgan fingerprint density at radius 3 is 2.38 bits per heavy atom. The van der Waals surface area contributed by atoms with Crippen LogP contribution >= 0.6 is 11.3 Å². The molecule has 0 saturated heterocycles. The third kappa shape index (κ3) is 5.42. The molecule has 0 fully saturated rings. The largest absolute Gasteiger partial charge is 0.493 e. The van der Waals surface area contributed by atoms with E-state index in [1.165, 1.54) is 50.9 Å². The third-order valence-electron chi connectivity index (χ3n) is 4.43. The molecule has 0 aliphatic carbocycles. The maximum absolute atomic E-state index is 13.1. The fraction of sp³-hybridized carbons (Fsp3) is 0.174. The molecule has 0 spiro atoms. The van der Waals surface area contributed by atoms with Gasteiger partial charge in [-0.3, -0.25) is 10.1 Å². The lowest BCUT2D eigenvalue weighted by Crippen LogP contribution is -2.13. The van der Waals surface area contributed by atoms with E-state index >= 15 is 0 Å². The van der Waals surface area contributed by atoms with Crippen LogP contribution in [0.25, 0.3) is 6.08 Å². The zero-order chi connectivity index (χ0) is 23.1. The number of carbonyl (C=O) groups is 1. The number of anilines is 1. The minimum atomic E-state index is -0.594. The zero-order valence-corrected chi connectivity index (χ0v) is 18.5. The Kier molecular flexibility index (Phi) is 7.41. The molecular formula is C23H20FN3O4S. The first-order valence-electron chi connectivity index (χ1n) is 9.39. The molecule has 0 aliphatic heterocycles. The van der Waals surface area contributed by atoms with Crippen LogP contribution in [0, 0.1) is 17.1 Å². The molecule has 32 heavy (non-hydrogen) atoms. The second-order valence-electron chi connectivity index (χ2n) is 6.52. The molecule has 3 rings (SSSR count). The van der Waals surface area contributed by atoms with Gasteiger partial charge in [0.15, 0.2) is 16.6 Å². The monoisotopic (exact) mass is 453 g/mol. The summed E-state index contributed by atoms with van der Waals surface area (Å²) in [6.07, 6.45) is 3.62. The number of benzene rings is 2. The average molecular weight is 453 g/mol. The van der Waals surface area contributed by atoms with Gasteiger partial charge in [-0.05, 0) is 41.5 Å². The number of halogens is 1. The molecule has 0 bridgehead atoms. The van der Waals surface area contributed by atoms with Gasteiger partial charge in [-0.2, -0.15) is 5.26 Å². The highest BCUT2D eigenvalue weighted by atomic mass is 32.1. The van der Waals surface area contributed by atoms with E-state index in [4.69, 9.17) is 14.2 Å². The predicted octanol–water partition coefficient (Wildman–Crippen LogP) is 4.44. The number of ether oxygens (including phenoxy) is 3. The molecule has 7 nitrogen and oxygen atoms in total. The quantitative estimate of drug-likeness (QED) is 0.400. The van der Waals surface area contributed by atoms with Crippen molar-refractivity contribution in [2.75, 3.05) is 26.6 Å². The summed E-state index contributed by atoms with van der Waals surface area (Å²) in [6, 6.07) is 11.4. The van der Waals surface area contributed by atoms with Gasteiger partial charge in [-0.1, -0.05) is 12.1 Å². The molecule has 0 unspecified atom stereocenters. The highest BCUT2D eigenvalue weighted by Crippen LogP contribution is 2.38. The molecule has 164 valence electrons. The van der Waals surface area contributed by atoms with Crippen LogP contribution in [0.2, 0.25) is 0 Å². The maximum Gasteiger partial charge on any atom is 0.268 e. The van der Waals surface area contributed by atoms with E-state index in [0.29, 0.717) is 34.4 Å². The van der Waals surface area contributed by atoms with E-state index in [0.717, 1.165) is 10.4 Å². The third-order valence-corrected chi connectivity index (χ3v) is 5.34. The fourth-order valence-electron chi connectivity index (χ4n) is 2.91. The van der Waals surface area contributed by atoms with Gasteiger partial charge < -0.3 is 14.2 Å². The number of hydrogen-bond donors (Lipinski definition) is 1. The molecule has 9 heteroatoms. The number of hydrogen-bond acceptors (Lipinski definition) is 7. The molecule has 0 radical (unpaired) electrons. The highest BCUT2D eigenvalue weighted by molar-refractivity contribution is 7.15. The molecule has 0 saturated carbocycles. The van der Waals surface area contributed by atoms with Crippen LogP contribution in [0.5, 0.6) is 17.2 Å². The topological polar surface area (TPSA) is 93.5 Å². The Labute approximate surface area is 188 Å². The number of nitrogens with one attached hydrogen (secondary N) is 1. The van der Waals surface area contributed by atoms with Gasteiger partial charge in [-0.15, -0.1) is 11.3 Å². The van der Waals surface area contributed by atoms with Crippen molar-refractivity contribution in [1.29, 1.82) is 5.26 Å². The maximum atomic E-state index is 13.1. The molecule has 1 N–H and O–H groups in total. The Morgan fingerprint density at radius 1 is 1.16 bits per heavy atom. The second kappa shape index (κ2) is 10.4. The van der Waals surface area contributed by atoms with Crippen LogP contribution in [-0.2, 0) is 11.2 Å². The smallest absolute Gasteiger partial charge is 0.268 e. The van der Waals surface area contributed by atoms with Gasteiger partial charge in [0.05, 0.1) is 21.3 Å². The van der Waals surface area contributed by atoms with Crippen molar-refractivity contribution in [1.82, 2.24) is 4.98 Å². The summed E-state index contributed by atoms with van der Waals surface area (Å²) in [5.74, 6) is 0.326. The zero-order valence-electron chi connectivity index (χ0n) is 17.6. The van der Waals surface area contributed by atoms with Gasteiger partial charge in [0.1, 0.15) is 17.5 Å². The van der Waals surface area contributed by atoms with Crippen molar-refractivity contribution < 1.29 is 23.4 Å². The van der Waals surface area contributed by atoms with E-state index in [-0.39, 0.29) is 11.4 Å². The number of nitriles is 1. The Hall–Kier alpha value is -3.90. The van der Waals surface area contributed by atoms with Crippen molar-refractivity contribution in [3.63, 3.8) is 0 Å². The second-order valence-corrected chi connectivity index (χ2v) is 7.63. The van der Waals surface area contributed by atoms with Crippen molar-refractivity contribution in [2.24, 2.45) is 0 Å². The number of aromatic nitrogens is 1. The molecule has 1 heterocycles. The Balaban J connectivity index is 1.77. The van der Waals surface area contributed by atoms with Gasteiger partial charge in [0, 0.05) is 17.5 Å². The average Bonchev–Trinajstić information content (AvgIpc) is 3.24. The summed E-state index contributed by atoms with van der Waals surface area (Å²) in [6.45, 7) is 0. The molecule has 3 aromatic rings. The highest BCUT2D eigenvalue weighted by Gasteiger charge is 2.16. The molecule has 0 atom stereocenters. The molecule has 1 aromatic heterocycles. The van der Waals surface area contributed by atoms with Crippen molar-refractivity contribution >= 4 is 28.5 Å². The lowest BCUT2D eigenvalue weighted by molar-refractivity contribution is -0.112. The number of thiazole rings is 1. The van der Waals surface area contributed by atoms with Gasteiger partial charge >= 0.3 is 0 Å². The molecule has 0 aliphatic rings. The first-order chi connectivity index (χ1) is 15.5.